The first-order valence-electron chi connectivity index (χ1n) is 7.77. The first kappa shape index (κ1) is 20.3. The number of methoxy groups -OCH3 is 2. The Morgan fingerprint density at radius 2 is 1.56 bits per heavy atom. The number of ether oxygens (including phenoxy) is 3. The maximum atomic E-state index is 12.7. The monoisotopic (exact) mass is 382 g/mol. The van der Waals surface area contributed by atoms with E-state index in [9.17, 15) is 22.8 Å². The normalized spacial score (nSPS) is 11.0. The zero-order valence-electron chi connectivity index (χ0n) is 14.8. The van der Waals surface area contributed by atoms with Crippen LogP contribution in [-0.2, 0) is 10.9 Å². The number of alkyl halides is 3. The van der Waals surface area contributed by atoms with Gasteiger partial charge in [-0.15, -0.1) is 0 Å². The fraction of sp³-hybridized carbons (Fsp3) is 0.263. The molecule has 0 saturated carbocycles. The van der Waals surface area contributed by atoms with Crippen molar-refractivity contribution in [3.63, 3.8) is 0 Å². The fourth-order valence-corrected chi connectivity index (χ4v) is 2.37. The lowest BCUT2D eigenvalue weighted by atomic mass is 10.1. The Morgan fingerprint density at radius 3 is 2.07 bits per heavy atom. The highest BCUT2D eigenvalue weighted by atomic mass is 19.4. The van der Waals surface area contributed by atoms with Crippen molar-refractivity contribution in [1.29, 1.82) is 0 Å². The molecule has 144 valence electrons. The third-order valence-corrected chi connectivity index (χ3v) is 3.83. The number of carbonyl (C=O) groups excluding carboxylic acids is 2. The summed E-state index contributed by atoms with van der Waals surface area (Å²) in [6.45, 7) is 1.04. The maximum Gasteiger partial charge on any atom is 0.416 e. The molecule has 0 aliphatic carbocycles. The standard InChI is InChI=1S/C19H17F3O5/c1-11-16(25-2)8-13(9-17(11)26-3)18(24)27-10-15(23)12-5-4-6-14(7-12)19(20,21)22/h4-9H,10H2,1-3H3. The Kier molecular flexibility index (Phi) is 6.09. The zero-order valence-corrected chi connectivity index (χ0v) is 14.8. The van der Waals surface area contributed by atoms with Gasteiger partial charge >= 0.3 is 12.1 Å². The largest absolute Gasteiger partial charge is 0.496 e. The number of carbonyl (C=O) groups is 2. The van der Waals surface area contributed by atoms with Crippen molar-refractivity contribution in [2.75, 3.05) is 20.8 Å². The first-order valence-corrected chi connectivity index (χ1v) is 7.77. The molecule has 2 aromatic carbocycles. The lowest BCUT2D eigenvalue weighted by molar-refractivity contribution is -0.137. The highest BCUT2D eigenvalue weighted by Crippen LogP contribution is 2.30. The third-order valence-electron chi connectivity index (χ3n) is 3.83. The lowest BCUT2D eigenvalue weighted by Crippen LogP contribution is -2.15. The number of hydrogen-bond donors (Lipinski definition) is 0. The molecule has 0 aliphatic rings. The van der Waals surface area contributed by atoms with Crippen LogP contribution in [0.2, 0.25) is 0 Å². The molecule has 0 heterocycles. The Bertz CT molecular complexity index is 834. The molecule has 27 heavy (non-hydrogen) atoms. The minimum Gasteiger partial charge on any atom is -0.496 e. The van der Waals surface area contributed by atoms with E-state index in [2.05, 4.69) is 0 Å². The molecular formula is C19H17F3O5. The van der Waals surface area contributed by atoms with Gasteiger partial charge in [0.15, 0.2) is 12.4 Å². The SMILES string of the molecule is COc1cc(C(=O)OCC(=O)c2cccc(C(F)(F)F)c2)cc(OC)c1C. The van der Waals surface area contributed by atoms with Crippen LogP contribution in [0.5, 0.6) is 11.5 Å². The van der Waals surface area contributed by atoms with Gasteiger partial charge in [0.2, 0.25) is 0 Å². The van der Waals surface area contributed by atoms with Crippen LogP contribution in [0.25, 0.3) is 0 Å². The van der Waals surface area contributed by atoms with Crippen LogP contribution in [0.1, 0.15) is 31.8 Å². The highest BCUT2D eigenvalue weighted by molar-refractivity contribution is 5.99. The summed E-state index contributed by atoms with van der Waals surface area (Å²) in [4.78, 5) is 24.3. The summed E-state index contributed by atoms with van der Waals surface area (Å²) >= 11 is 0. The molecule has 0 radical (unpaired) electrons. The first-order chi connectivity index (χ1) is 12.7. The van der Waals surface area contributed by atoms with Gasteiger partial charge in [-0.05, 0) is 31.2 Å². The molecule has 0 aromatic heterocycles. The van der Waals surface area contributed by atoms with Crippen molar-refractivity contribution >= 4 is 11.8 Å². The van der Waals surface area contributed by atoms with Crippen molar-refractivity contribution in [2.45, 2.75) is 13.1 Å². The molecule has 0 N–H and O–H groups in total. The van der Waals surface area contributed by atoms with Crippen LogP contribution < -0.4 is 9.47 Å². The average Bonchev–Trinajstić information content (AvgIpc) is 2.65. The van der Waals surface area contributed by atoms with E-state index in [0.29, 0.717) is 23.1 Å². The number of ketones is 1. The number of benzene rings is 2. The van der Waals surface area contributed by atoms with E-state index in [1.165, 1.54) is 32.4 Å². The third kappa shape index (κ3) is 4.78. The van der Waals surface area contributed by atoms with Crippen molar-refractivity contribution < 1.29 is 37.0 Å². The summed E-state index contributed by atoms with van der Waals surface area (Å²) in [6, 6.07) is 6.77. The van der Waals surface area contributed by atoms with E-state index < -0.39 is 30.1 Å². The highest BCUT2D eigenvalue weighted by Gasteiger charge is 2.31. The molecular weight excluding hydrogens is 365 g/mol. The van der Waals surface area contributed by atoms with Gasteiger partial charge in [0.05, 0.1) is 25.3 Å². The van der Waals surface area contributed by atoms with E-state index in [1.54, 1.807) is 6.92 Å². The van der Waals surface area contributed by atoms with Crippen LogP contribution in [0, 0.1) is 6.92 Å². The molecule has 0 spiro atoms. The number of hydrogen-bond acceptors (Lipinski definition) is 5. The van der Waals surface area contributed by atoms with Crippen molar-refractivity contribution in [3.05, 3.63) is 58.7 Å². The van der Waals surface area contributed by atoms with Gasteiger partial charge in [0, 0.05) is 11.1 Å². The van der Waals surface area contributed by atoms with Crippen molar-refractivity contribution in [2.24, 2.45) is 0 Å². The number of halogens is 3. The fourth-order valence-electron chi connectivity index (χ4n) is 2.37. The number of Topliss-reactive ketones (excluding diaryl/α,β-unsaturated/α-hetero) is 1. The average molecular weight is 382 g/mol. The summed E-state index contributed by atoms with van der Waals surface area (Å²) in [5.74, 6) is -0.788. The topological polar surface area (TPSA) is 61.8 Å². The molecule has 0 bridgehead atoms. The molecule has 0 saturated heterocycles. The summed E-state index contributed by atoms with van der Waals surface area (Å²) < 4.78 is 53.4. The molecule has 2 aromatic rings. The maximum absolute atomic E-state index is 12.7. The van der Waals surface area contributed by atoms with Crippen LogP contribution >= 0.6 is 0 Å². The van der Waals surface area contributed by atoms with Gasteiger partial charge in [-0.3, -0.25) is 4.79 Å². The molecule has 0 unspecified atom stereocenters. The molecule has 0 aliphatic heterocycles. The summed E-state index contributed by atoms with van der Waals surface area (Å²) in [6.07, 6.45) is -4.57. The smallest absolute Gasteiger partial charge is 0.416 e. The van der Waals surface area contributed by atoms with E-state index in [0.717, 1.165) is 12.1 Å². The Hall–Kier alpha value is -3.03. The Labute approximate surface area is 153 Å². The molecule has 0 fully saturated rings. The Morgan fingerprint density at radius 1 is 0.963 bits per heavy atom. The molecule has 0 atom stereocenters. The zero-order chi connectivity index (χ0) is 20.2. The lowest BCUT2D eigenvalue weighted by Gasteiger charge is -2.12. The van der Waals surface area contributed by atoms with E-state index >= 15 is 0 Å². The number of esters is 1. The predicted molar refractivity (Wildman–Crippen MR) is 90.3 cm³/mol. The van der Waals surface area contributed by atoms with Crippen LogP contribution in [0.4, 0.5) is 13.2 Å². The molecule has 8 heteroatoms. The van der Waals surface area contributed by atoms with Crippen LogP contribution in [-0.4, -0.2) is 32.6 Å². The van der Waals surface area contributed by atoms with Crippen LogP contribution in [0.3, 0.4) is 0 Å². The van der Waals surface area contributed by atoms with E-state index in [1.807, 2.05) is 0 Å². The van der Waals surface area contributed by atoms with Gasteiger partial charge in [-0.1, -0.05) is 12.1 Å². The molecule has 5 nitrogen and oxygen atoms in total. The van der Waals surface area contributed by atoms with E-state index in [-0.39, 0.29) is 11.1 Å². The van der Waals surface area contributed by atoms with Crippen molar-refractivity contribution in [3.8, 4) is 11.5 Å². The van der Waals surface area contributed by atoms with Gasteiger partial charge in [0.1, 0.15) is 11.5 Å². The second-order valence-electron chi connectivity index (χ2n) is 5.58. The minimum atomic E-state index is -4.57. The van der Waals surface area contributed by atoms with Crippen molar-refractivity contribution in [1.82, 2.24) is 0 Å². The second-order valence-corrected chi connectivity index (χ2v) is 5.58. The quantitative estimate of drug-likeness (QED) is 0.557. The van der Waals surface area contributed by atoms with Gasteiger partial charge in [-0.2, -0.15) is 13.2 Å². The van der Waals surface area contributed by atoms with E-state index in [4.69, 9.17) is 14.2 Å². The van der Waals surface area contributed by atoms with Gasteiger partial charge in [0.25, 0.3) is 0 Å². The minimum absolute atomic E-state index is 0.0890. The summed E-state index contributed by atoms with van der Waals surface area (Å²) in [7, 11) is 2.85. The van der Waals surface area contributed by atoms with Crippen LogP contribution in [0.15, 0.2) is 36.4 Å². The second kappa shape index (κ2) is 8.11. The van der Waals surface area contributed by atoms with Gasteiger partial charge in [-0.25, -0.2) is 4.79 Å². The summed E-state index contributed by atoms with van der Waals surface area (Å²) in [5, 5.41) is 0. The van der Waals surface area contributed by atoms with Gasteiger partial charge < -0.3 is 14.2 Å². The number of rotatable bonds is 6. The molecule has 0 amide bonds. The summed E-state index contributed by atoms with van der Waals surface area (Å²) in [5.41, 5.74) is -0.382. The molecule has 2 rings (SSSR count). The Balaban J connectivity index is 2.13. The predicted octanol–water partition coefficient (Wildman–Crippen LogP) is 4.07.